The van der Waals surface area contributed by atoms with Gasteiger partial charge in [0, 0.05) is 44.1 Å². The van der Waals surface area contributed by atoms with E-state index in [1.165, 1.54) is 0 Å². The van der Waals surface area contributed by atoms with Gasteiger partial charge >= 0.3 is 0 Å². The van der Waals surface area contributed by atoms with Crippen molar-refractivity contribution in [1.29, 1.82) is 0 Å². The van der Waals surface area contributed by atoms with Crippen molar-refractivity contribution < 1.29 is 14.3 Å². The average Bonchev–Trinajstić information content (AvgIpc) is 2.80. The van der Waals surface area contributed by atoms with E-state index in [9.17, 15) is 4.79 Å². The number of para-hydroxylation sites is 2. The second-order valence-corrected chi connectivity index (χ2v) is 8.52. The largest absolute Gasteiger partial charge is 0.490 e. The fourth-order valence-corrected chi connectivity index (χ4v) is 4.26. The lowest BCUT2D eigenvalue weighted by Crippen LogP contribution is -2.41. The van der Waals surface area contributed by atoms with Gasteiger partial charge in [-0.15, -0.1) is 0 Å². The molecule has 0 unspecified atom stereocenters. The fourth-order valence-electron chi connectivity index (χ4n) is 4.26. The van der Waals surface area contributed by atoms with Crippen LogP contribution in [-0.4, -0.2) is 73.3 Å². The van der Waals surface area contributed by atoms with Gasteiger partial charge in [0.15, 0.2) is 0 Å². The molecule has 0 bridgehead atoms. The molecule has 0 radical (unpaired) electrons. The number of piperidine rings is 1. The Morgan fingerprint density at radius 1 is 1.16 bits per heavy atom. The summed E-state index contributed by atoms with van der Waals surface area (Å²) in [6, 6.07) is 9.62. The molecule has 2 aliphatic rings. The van der Waals surface area contributed by atoms with E-state index < -0.39 is 0 Å². The minimum atomic E-state index is -0.116. The van der Waals surface area contributed by atoms with Gasteiger partial charge in [0.05, 0.1) is 24.8 Å². The Bertz CT molecular complexity index is 896. The molecule has 1 amide bonds. The fraction of sp³-hybridized carbons (Fsp3) is 0.542. The van der Waals surface area contributed by atoms with Crippen molar-refractivity contribution in [1.82, 2.24) is 14.9 Å². The minimum Gasteiger partial charge on any atom is -0.490 e. The zero-order valence-electron chi connectivity index (χ0n) is 19.0. The van der Waals surface area contributed by atoms with E-state index in [0.717, 1.165) is 69.3 Å². The number of hydrogen-bond donors (Lipinski definition) is 1. The van der Waals surface area contributed by atoms with Crippen molar-refractivity contribution in [2.24, 2.45) is 5.92 Å². The molecule has 1 N–H and O–H groups in total. The highest BCUT2D eigenvalue weighted by molar-refractivity contribution is 5.94. The molecule has 172 valence electrons. The van der Waals surface area contributed by atoms with Crippen LogP contribution in [0.1, 0.15) is 24.2 Å². The lowest BCUT2D eigenvalue weighted by Gasteiger charge is -2.32. The molecule has 0 saturated carbocycles. The molecular weight excluding hydrogens is 406 g/mol. The maximum absolute atomic E-state index is 13.1. The smallest absolute Gasteiger partial charge is 0.229 e. The highest BCUT2D eigenvalue weighted by Crippen LogP contribution is 2.27. The third kappa shape index (κ3) is 5.95. The van der Waals surface area contributed by atoms with E-state index in [1.54, 1.807) is 0 Å². The van der Waals surface area contributed by atoms with E-state index >= 15 is 0 Å². The van der Waals surface area contributed by atoms with E-state index in [2.05, 4.69) is 25.1 Å². The molecule has 4 rings (SSSR count). The van der Waals surface area contributed by atoms with E-state index in [-0.39, 0.29) is 11.8 Å². The van der Waals surface area contributed by atoms with Gasteiger partial charge in [0.25, 0.3) is 0 Å². The summed E-state index contributed by atoms with van der Waals surface area (Å²) in [6.07, 6.45) is 1.79. The molecule has 1 aromatic heterocycles. The van der Waals surface area contributed by atoms with Crippen LogP contribution < -0.4 is 15.0 Å². The predicted octanol–water partition coefficient (Wildman–Crippen LogP) is 2.66. The predicted molar refractivity (Wildman–Crippen MR) is 124 cm³/mol. The molecule has 8 nitrogen and oxygen atoms in total. The van der Waals surface area contributed by atoms with Crippen LogP contribution in [0, 0.1) is 19.8 Å². The third-order valence-corrected chi connectivity index (χ3v) is 5.96. The first-order chi connectivity index (χ1) is 15.6. The number of carbonyl (C=O) groups is 1. The number of anilines is 2. The first-order valence-electron chi connectivity index (χ1n) is 11.5. The minimum absolute atomic E-state index is 0.0169. The number of aromatic nitrogens is 2. The molecule has 1 atom stereocenters. The van der Waals surface area contributed by atoms with Crippen molar-refractivity contribution in [2.45, 2.75) is 26.7 Å². The number of nitrogens with zero attached hydrogens (tertiary/aromatic N) is 4. The highest BCUT2D eigenvalue weighted by Gasteiger charge is 2.28. The average molecular weight is 440 g/mol. The Kier molecular flexibility index (Phi) is 7.55. The number of aryl methyl sites for hydroxylation is 2. The lowest BCUT2D eigenvalue weighted by atomic mass is 9.97. The quantitative estimate of drug-likeness (QED) is 0.710. The summed E-state index contributed by atoms with van der Waals surface area (Å²) in [7, 11) is 0. The van der Waals surface area contributed by atoms with Gasteiger partial charge in [-0.25, -0.2) is 9.97 Å². The Balaban J connectivity index is 1.35. The SMILES string of the molecule is Cc1cc(C)nc(N2CCC[C@H](C(=O)Nc3ccccc3OCCN3CCOCC3)C2)n1. The second-order valence-electron chi connectivity index (χ2n) is 8.52. The van der Waals surface area contributed by atoms with Gasteiger partial charge < -0.3 is 19.7 Å². The van der Waals surface area contributed by atoms with Crippen LogP contribution in [0.5, 0.6) is 5.75 Å². The maximum Gasteiger partial charge on any atom is 0.229 e. The molecule has 32 heavy (non-hydrogen) atoms. The molecule has 3 heterocycles. The number of benzene rings is 1. The summed E-state index contributed by atoms with van der Waals surface area (Å²) in [5.41, 5.74) is 2.61. The number of nitrogens with one attached hydrogen (secondary N) is 1. The maximum atomic E-state index is 13.1. The molecule has 1 aromatic carbocycles. The van der Waals surface area contributed by atoms with Crippen LogP contribution in [0.4, 0.5) is 11.6 Å². The van der Waals surface area contributed by atoms with Crippen molar-refractivity contribution >= 4 is 17.5 Å². The Morgan fingerprint density at radius 2 is 1.91 bits per heavy atom. The van der Waals surface area contributed by atoms with Crippen LogP contribution in [0.15, 0.2) is 30.3 Å². The first kappa shape index (κ1) is 22.5. The number of ether oxygens (including phenoxy) is 2. The second kappa shape index (κ2) is 10.7. The standard InChI is InChI=1S/C24H33N5O3/c1-18-16-19(2)26-24(25-18)29-9-5-6-20(17-29)23(30)27-21-7-3-4-8-22(21)32-15-12-28-10-13-31-14-11-28/h3-4,7-8,16,20H,5-6,9-15,17H2,1-2H3,(H,27,30)/t20-/m0/s1. The summed E-state index contributed by atoms with van der Waals surface area (Å²) in [5, 5.41) is 3.10. The zero-order chi connectivity index (χ0) is 22.3. The molecule has 2 aromatic rings. The Labute approximate surface area is 189 Å². The van der Waals surface area contributed by atoms with Gasteiger partial charge in [-0.2, -0.15) is 0 Å². The van der Waals surface area contributed by atoms with E-state index in [4.69, 9.17) is 9.47 Å². The number of hydrogen-bond acceptors (Lipinski definition) is 7. The number of carbonyl (C=O) groups excluding carboxylic acids is 1. The van der Waals surface area contributed by atoms with Crippen molar-refractivity contribution in [3.8, 4) is 5.75 Å². The Morgan fingerprint density at radius 3 is 2.69 bits per heavy atom. The van der Waals surface area contributed by atoms with Crippen LogP contribution in [0.2, 0.25) is 0 Å². The molecule has 2 saturated heterocycles. The van der Waals surface area contributed by atoms with E-state index in [1.807, 2.05) is 44.2 Å². The highest BCUT2D eigenvalue weighted by atomic mass is 16.5. The summed E-state index contributed by atoms with van der Waals surface area (Å²) in [6.45, 7) is 10.3. The molecule has 2 fully saturated rings. The van der Waals surface area contributed by atoms with Crippen molar-refractivity contribution in [3.63, 3.8) is 0 Å². The monoisotopic (exact) mass is 439 g/mol. The van der Waals surface area contributed by atoms with Gasteiger partial charge in [-0.3, -0.25) is 9.69 Å². The third-order valence-electron chi connectivity index (χ3n) is 5.96. The molecule has 8 heteroatoms. The van der Waals surface area contributed by atoms with Crippen LogP contribution in [0.3, 0.4) is 0 Å². The van der Waals surface area contributed by atoms with Crippen molar-refractivity contribution in [3.05, 3.63) is 41.7 Å². The van der Waals surface area contributed by atoms with Crippen molar-refractivity contribution in [2.75, 3.05) is 62.8 Å². The van der Waals surface area contributed by atoms with Crippen LogP contribution in [-0.2, 0) is 9.53 Å². The lowest BCUT2D eigenvalue weighted by molar-refractivity contribution is -0.120. The number of rotatable bonds is 7. The molecule has 0 spiro atoms. The summed E-state index contributed by atoms with van der Waals surface area (Å²) < 4.78 is 11.4. The Hall–Kier alpha value is -2.71. The van der Waals surface area contributed by atoms with Crippen LogP contribution in [0.25, 0.3) is 0 Å². The van der Waals surface area contributed by atoms with E-state index in [0.29, 0.717) is 24.8 Å². The summed E-state index contributed by atoms with van der Waals surface area (Å²) in [5.74, 6) is 1.32. The molecule has 2 aliphatic heterocycles. The molecular formula is C24H33N5O3. The van der Waals surface area contributed by atoms with Gasteiger partial charge in [-0.05, 0) is 44.9 Å². The van der Waals surface area contributed by atoms with Gasteiger partial charge in [0.1, 0.15) is 12.4 Å². The first-order valence-corrected chi connectivity index (χ1v) is 11.5. The summed E-state index contributed by atoms with van der Waals surface area (Å²) >= 11 is 0. The van der Waals surface area contributed by atoms with Crippen LogP contribution >= 0.6 is 0 Å². The normalized spacial score (nSPS) is 19.6. The molecule has 0 aliphatic carbocycles. The number of morpholine rings is 1. The summed E-state index contributed by atoms with van der Waals surface area (Å²) in [4.78, 5) is 26.7. The van der Waals surface area contributed by atoms with Gasteiger partial charge in [0.2, 0.25) is 11.9 Å². The van der Waals surface area contributed by atoms with Gasteiger partial charge in [-0.1, -0.05) is 12.1 Å². The number of amides is 1. The topological polar surface area (TPSA) is 79.8 Å². The zero-order valence-corrected chi connectivity index (χ0v) is 19.0.